The Morgan fingerprint density at radius 1 is 0.667 bits per heavy atom. The largest absolute Gasteiger partial charge is 0.508 e. The van der Waals surface area contributed by atoms with Crippen molar-refractivity contribution in [1.29, 1.82) is 0 Å². The predicted octanol–water partition coefficient (Wildman–Crippen LogP) is 7.60. The van der Waals surface area contributed by atoms with Crippen molar-refractivity contribution >= 4 is 66.7 Å². The van der Waals surface area contributed by atoms with E-state index in [4.69, 9.17) is 4.74 Å². The maximum atomic E-state index is 11.2. The summed E-state index contributed by atoms with van der Waals surface area (Å²) in [6.45, 7) is 0. The van der Waals surface area contributed by atoms with Crippen molar-refractivity contribution in [3.8, 4) is 28.7 Å². The van der Waals surface area contributed by atoms with Crippen LogP contribution in [-0.2, 0) is 0 Å². The zero-order valence-electron chi connectivity index (χ0n) is 17.0. The molecule has 0 bridgehead atoms. The molecule has 6 rings (SSSR count). The Hall–Kier alpha value is -2.72. The number of benzene rings is 5. The van der Waals surface area contributed by atoms with Crippen LogP contribution in [-0.4, -0.2) is 15.3 Å². The Balaban J connectivity index is 1.79. The zero-order valence-corrected chi connectivity index (χ0v) is 21.3. The molecule has 5 aromatic rings. The summed E-state index contributed by atoms with van der Waals surface area (Å²) < 4.78 is 8.47. The van der Waals surface area contributed by atoms with Crippen LogP contribution in [0.5, 0.6) is 28.7 Å². The summed E-state index contributed by atoms with van der Waals surface area (Å²) in [6.07, 6.45) is 0. The number of phenolic OH excluding ortho intramolecular Hbond substituents is 3. The Labute approximate surface area is 216 Å². The molecule has 1 aliphatic rings. The van der Waals surface area contributed by atoms with Gasteiger partial charge in [-0.25, -0.2) is 0 Å². The molecule has 33 heavy (non-hydrogen) atoms. The smallest absolute Gasteiger partial charge is 0.144 e. The Bertz CT molecular complexity index is 1610. The normalized spacial score (nSPS) is 14.7. The molecule has 4 nitrogen and oxygen atoms in total. The lowest BCUT2D eigenvalue weighted by molar-refractivity contribution is 0.443. The van der Waals surface area contributed by atoms with Crippen molar-refractivity contribution in [1.82, 2.24) is 0 Å². The van der Waals surface area contributed by atoms with Gasteiger partial charge in [0.2, 0.25) is 0 Å². The molecule has 0 amide bonds. The van der Waals surface area contributed by atoms with Gasteiger partial charge < -0.3 is 20.1 Å². The van der Waals surface area contributed by atoms with Gasteiger partial charge in [-0.1, -0.05) is 24.3 Å². The van der Waals surface area contributed by atoms with Crippen molar-refractivity contribution in [3.63, 3.8) is 0 Å². The van der Waals surface area contributed by atoms with Gasteiger partial charge in [0, 0.05) is 26.2 Å². The van der Waals surface area contributed by atoms with Crippen LogP contribution >= 0.6 is 45.2 Å². The van der Waals surface area contributed by atoms with Crippen LogP contribution in [0.25, 0.3) is 21.5 Å². The molecular weight excluding hydrogens is 642 g/mol. The molecule has 1 aliphatic heterocycles. The highest BCUT2D eigenvalue weighted by molar-refractivity contribution is 14.1. The Morgan fingerprint density at radius 3 is 2.24 bits per heavy atom. The average molecular weight is 658 g/mol. The first-order valence-corrected chi connectivity index (χ1v) is 12.4. The van der Waals surface area contributed by atoms with Gasteiger partial charge in [-0.15, -0.1) is 0 Å². The monoisotopic (exact) mass is 658 g/mol. The predicted molar refractivity (Wildman–Crippen MR) is 146 cm³/mol. The number of hydrogen-bond acceptors (Lipinski definition) is 4. The number of rotatable bonds is 1. The first kappa shape index (κ1) is 20.9. The van der Waals surface area contributed by atoms with Gasteiger partial charge in [0.15, 0.2) is 0 Å². The molecule has 0 aliphatic carbocycles. The minimum absolute atomic E-state index is 0.141. The van der Waals surface area contributed by atoms with Crippen LogP contribution in [0.2, 0.25) is 0 Å². The topological polar surface area (TPSA) is 69.9 Å². The molecule has 0 fully saturated rings. The number of hydrogen-bond donors (Lipinski definition) is 3. The number of fused-ring (bicyclic) bond motifs is 5. The van der Waals surface area contributed by atoms with Crippen LogP contribution in [0.15, 0.2) is 72.8 Å². The molecule has 0 radical (unpaired) electrons. The molecule has 1 unspecified atom stereocenters. The molecule has 0 spiro atoms. The lowest BCUT2D eigenvalue weighted by Crippen LogP contribution is -2.14. The van der Waals surface area contributed by atoms with E-state index in [2.05, 4.69) is 57.3 Å². The van der Waals surface area contributed by atoms with E-state index in [9.17, 15) is 15.3 Å². The van der Waals surface area contributed by atoms with Crippen LogP contribution in [0, 0.1) is 7.14 Å². The van der Waals surface area contributed by atoms with E-state index in [0.29, 0.717) is 11.3 Å². The third-order valence-corrected chi connectivity index (χ3v) is 7.59. The molecule has 0 saturated carbocycles. The third kappa shape index (κ3) is 3.30. The summed E-state index contributed by atoms with van der Waals surface area (Å²) in [5, 5.41) is 35.1. The molecule has 3 N–H and O–H groups in total. The Kier molecular flexibility index (Phi) is 4.84. The van der Waals surface area contributed by atoms with E-state index in [1.165, 1.54) is 0 Å². The van der Waals surface area contributed by atoms with Crippen LogP contribution in [0.1, 0.15) is 22.6 Å². The van der Waals surface area contributed by atoms with Gasteiger partial charge >= 0.3 is 0 Å². The highest BCUT2D eigenvalue weighted by Crippen LogP contribution is 2.54. The fourth-order valence-electron chi connectivity index (χ4n) is 4.80. The van der Waals surface area contributed by atoms with E-state index in [-0.39, 0.29) is 23.2 Å². The first-order chi connectivity index (χ1) is 15.9. The van der Waals surface area contributed by atoms with Crippen LogP contribution in [0.4, 0.5) is 0 Å². The van der Waals surface area contributed by atoms with Crippen molar-refractivity contribution < 1.29 is 20.1 Å². The highest BCUT2D eigenvalue weighted by Gasteiger charge is 2.34. The number of aromatic hydroxyl groups is 3. The molecule has 6 heteroatoms. The molecule has 1 heterocycles. The molecule has 5 aromatic carbocycles. The average Bonchev–Trinajstić information content (AvgIpc) is 2.78. The van der Waals surface area contributed by atoms with Gasteiger partial charge in [0.05, 0.1) is 3.57 Å². The Morgan fingerprint density at radius 2 is 1.39 bits per heavy atom. The maximum Gasteiger partial charge on any atom is 0.144 e. The lowest BCUT2D eigenvalue weighted by atomic mass is 9.78. The minimum atomic E-state index is -0.342. The van der Waals surface area contributed by atoms with Gasteiger partial charge in [0.25, 0.3) is 0 Å². The highest BCUT2D eigenvalue weighted by atomic mass is 127. The van der Waals surface area contributed by atoms with E-state index in [1.54, 1.807) is 30.3 Å². The fourth-order valence-corrected chi connectivity index (χ4v) is 6.80. The number of ether oxygens (including phenoxy) is 1. The SMILES string of the molecule is Oc1ccc2c3c(ccc2c1)Oc1c(I)cc(I)cc1C3c1c(O)ccc2ccc(O)cc12. The maximum absolute atomic E-state index is 11.2. The van der Waals surface area contributed by atoms with E-state index in [1.807, 2.05) is 30.3 Å². The fraction of sp³-hybridized carbons (Fsp3) is 0.0370. The van der Waals surface area contributed by atoms with Crippen LogP contribution < -0.4 is 4.74 Å². The number of halogens is 2. The van der Waals surface area contributed by atoms with E-state index in [0.717, 1.165) is 45.6 Å². The third-order valence-electron chi connectivity index (χ3n) is 6.17. The van der Waals surface area contributed by atoms with E-state index >= 15 is 0 Å². The summed E-state index contributed by atoms with van der Waals surface area (Å²) >= 11 is 4.59. The second-order valence-corrected chi connectivity index (χ2v) is 10.5. The second-order valence-electron chi connectivity index (χ2n) is 8.13. The van der Waals surface area contributed by atoms with Crippen molar-refractivity contribution in [3.05, 3.63) is 96.6 Å². The second kappa shape index (κ2) is 7.66. The lowest BCUT2D eigenvalue weighted by Gasteiger charge is -2.32. The summed E-state index contributed by atoms with van der Waals surface area (Å²) in [6, 6.07) is 22.1. The van der Waals surface area contributed by atoms with Gasteiger partial charge in [-0.3, -0.25) is 0 Å². The van der Waals surface area contributed by atoms with Crippen molar-refractivity contribution in [2.75, 3.05) is 0 Å². The zero-order chi connectivity index (χ0) is 22.9. The van der Waals surface area contributed by atoms with Gasteiger partial charge in [-0.05, 0) is 115 Å². The summed E-state index contributed by atoms with van der Waals surface area (Å²) in [5.74, 6) is 1.62. The quantitative estimate of drug-likeness (QED) is 0.159. The minimum Gasteiger partial charge on any atom is -0.508 e. The standard InChI is InChI=1S/C27H16I2O4/c28-15-10-20-26(24-19-12-17(31)4-1-13(19)2-7-22(24)32)25-18-6-5-16(30)9-14(18)3-8-23(25)33-27(20)21(29)11-15/h1-12,26,30-32H. The first-order valence-electron chi connectivity index (χ1n) is 10.3. The molecule has 0 aromatic heterocycles. The molecule has 162 valence electrons. The molecule has 1 atom stereocenters. The number of phenols is 3. The van der Waals surface area contributed by atoms with Crippen molar-refractivity contribution in [2.45, 2.75) is 5.92 Å². The summed E-state index contributed by atoms with van der Waals surface area (Å²) in [4.78, 5) is 0. The summed E-state index contributed by atoms with van der Waals surface area (Å²) in [5.41, 5.74) is 2.59. The summed E-state index contributed by atoms with van der Waals surface area (Å²) in [7, 11) is 0. The van der Waals surface area contributed by atoms with E-state index < -0.39 is 0 Å². The molecular formula is C27H16I2O4. The van der Waals surface area contributed by atoms with Gasteiger partial charge in [-0.2, -0.15) is 0 Å². The van der Waals surface area contributed by atoms with Gasteiger partial charge in [0.1, 0.15) is 28.7 Å². The van der Waals surface area contributed by atoms with Crippen molar-refractivity contribution in [2.24, 2.45) is 0 Å². The molecule has 0 saturated heterocycles. The van der Waals surface area contributed by atoms with Crippen LogP contribution in [0.3, 0.4) is 0 Å².